The maximum absolute atomic E-state index is 11.5. The van der Waals surface area contributed by atoms with Crippen LogP contribution in [0.5, 0.6) is 11.6 Å². The number of pyridine rings is 1. The van der Waals surface area contributed by atoms with E-state index in [-0.39, 0.29) is 5.97 Å². The second-order valence-electron chi connectivity index (χ2n) is 5.08. The molecule has 5 nitrogen and oxygen atoms in total. The van der Waals surface area contributed by atoms with Gasteiger partial charge in [0.2, 0.25) is 5.88 Å². The third-order valence-electron chi connectivity index (χ3n) is 3.08. The van der Waals surface area contributed by atoms with E-state index in [1.54, 1.807) is 36.4 Å². The number of aromatic nitrogens is 1. The smallest absolute Gasteiger partial charge is 0.330 e. The minimum atomic E-state index is -0.369. The molecule has 0 spiro atoms. The molecule has 0 bridgehead atoms. The molecule has 0 unspecified atom stereocenters. The van der Waals surface area contributed by atoms with Crippen LogP contribution in [0.15, 0.2) is 42.6 Å². The number of hydrogen-bond donors (Lipinski definition) is 1. The van der Waals surface area contributed by atoms with Crippen molar-refractivity contribution in [3.8, 4) is 11.6 Å². The lowest BCUT2D eigenvalue weighted by Gasteiger charge is -2.07. The van der Waals surface area contributed by atoms with Gasteiger partial charge in [-0.3, -0.25) is 0 Å². The lowest BCUT2D eigenvalue weighted by Crippen LogP contribution is -2.01. The molecule has 0 aliphatic carbocycles. The second kappa shape index (κ2) is 8.93. The summed E-state index contributed by atoms with van der Waals surface area (Å²) in [5.41, 5.74) is 6.90. The van der Waals surface area contributed by atoms with Gasteiger partial charge in [0.25, 0.3) is 0 Å². The summed E-state index contributed by atoms with van der Waals surface area (Å²) < 4.78 is 10.6. The number of carbonyl (C=O) groups excluding carboxylic acids is 1. The Labute approximate surface area is 146 Å². The summed E-state index contributed by atoms with van der Waals surface area (Å²) in [6.45, 7) is 2.47. The van der Waals surface area contributed by atoms with Crippen LogP contribution in [-0.4, -0.2) is 17.6 Å². The average molecular weight is 347 g/mol. The summed E-state index contributed by atoms with van der Waals surface area (Å²) >= 11 is 6.20. The summed E-state index contributed by atoms with van der Waals surface area (Å²) in [5, 5.41) is 0.412. The minimum Gasteiger partial charge on any atom is -0.463 e. The van der Waals surface area contributed by atoms with E-state index in [9.17, 15) is 4.79 Å². The van der Waals surface area contributed by atoms with E-state index in [4.69, 9.17) is 26.8 Å². The molecule has 0 aliphatic heterocycles. The van der Waals surface area contributed by atoms with Crippen molar-refractivity contribution in [1.29, 1.82) is 0 Å². The molecule has 0 amide bonds. The molecule has 0 aliphatic rings. The number of nitrogens with two attached hydrogens (primary N) is 1. The number of unbranched alkanes of at least 4 members (excludes halogenated alkanes) is 1. The number of anilines is 1. The normalized spacial score (nSPS) is 10.8. The van der Waals surface area contributed by atoms with Gasteiger partial charge in [-0.25, -0.2) is 9.78 Å². The van der Waals surface area contributed by atoms with E-state index in [2.05, 4.69) is 4.98 Å². The van der Waals surface area contributed by atoms with E-state index >= 15 is 0 Å². The molecule has 2 aromatic rings. The Balaban J connectivity index is 1.98. The van der Waals surface area contributed by atoms with Crippen LogP contribution in [0.4, 0.5) is 5.69 Å². The Kier molecular flexibility index (Phi) is 6.63. The van der Waals surface area contributed by atoms with Gasteiger partial charge in [-0.1, -0.05) is 31.0 Å². The lowest BCUT2D eigenvalue weighted by molar-refractivity contribution is -0.137. The van der Waals surface area contributed by atoms with Gasteiger partial charge in [-0.15, -0.1) is 0 Å². The predicted octanol–water partition coefficient (Wildman–Crippen LogP) is 4.47. The van der Waals surface area contributed by atoms with Crippen molar-refractivity contribution in [2.45, 2.75) is 19.8 Å². The van der Waals surface area contributed by atoms with Gasteiger partial charge < -0.3 is 15.2 Å². The number of esters is 1. The highest BCUT2D eigenvalue weighted by Gasteiger charge is 2.05. The van der Waals surface area contributed by atoms with Gasteiger partial charge in [-0.2, -0.15) is 0 Å². The van der Waals surface area contributed by atoms with Crippen molar-refractivity contribution in [2.75, 3.05) is 12.3 Å². The minimum absolute atomic E-state index is 0.369. The predicted molar refractivity (Wildman–Crippen MR) is 95.1 cm³/mol. The van der Waals surface area contributed by atoms with Crippen molar-refractivity contribution in [3.63, 3.8) is 0 Å². The monoisotopic (exact) mass is 346 g/mol. The number of hydrogen-bond acceptors (Lipinski definition) is 5. The zero-order valence-corrected chi connectivity index (χ0v) is 14.1. The largest absolute Gasteiger partial charge is 0.463 e. The number of halogens is 1. The quantitative estimate of drug-likeness (QED) is 0.455. The summed E-state index contributed by atoms with van der Waals surface area (Å²) in [4.78, 5) is 15.6. The SMILES string of the molecule is CCCCOC(=O)C=Cc1ccc(Oc2ccc(N)cn2)c(Cl)c1. The third-order valence-corrected chi connectivity index (χ3v) is 3.38. The molecule has 126 valence electrons. The number of nitrogen functional groups attached to an aromatic ring is 1. The van der Waals surface area contributed by atoms with Crippen molar-refractivity contribution in [1.82, 2.24) is 4.98 Å². The van der Waals surface area contributed by atoms with Gasteiger partial charge in [0.05, 0.1) is 23.5 Å². The Bertz CT molecular complexity index is 715. The standard InChI is InChI=1S/C18H19ClN2O3/c1-2-3-10-23-18(22)9-5-13-4-7-16(15(19)11-13)24-17-8-6-14(20)12-21-17/h4-9,11-12H,2-3,10,20H2,1H3. The maximum Gasteiger partial charge on any atom is 0.330 e. The van der Waals surface area contributed by atoms with Crippen LogP contribution in [-0.2, 0) is 9.53 Å². The first-order valence-corrected chi connectivity index (χ1v) is 8.00. The molecule has 2 rings (SSSR count). The van der Waals surface area contributed by atoms with E-state index in [1.165, 1.54) is 12.3 Å². The van der Waals surface area contributed by atoms with Crippen molar-refractivity contribution in [3.05, 3.63) is 53.2 Å². The number of benzene rings is 1. The van der Waals surface area contributed by atoms with Crippen molar-refractivity contribution in [2.24, 2.45) is 0 Å². The Morgan fingerprint density at radius 2 is 2.17 bits per heavy atom. The van der Waals surface area contributed by atoms with Gasteiger partial charge in [0.1, 0.15) is 5.75 Å². The highest BCUT2D eigenvalue weighted by molar-refractivity contribution is 6.32. The van der Waals surface area contributed by atoms with Crippen LogP contribution in [0.1, 0.15) is 25.3 Å². The van der Waals surface area contributed by atoms with Gasteiger partial charge >= 0.3 is 5.97 Å². The molecule has 0 radical (unpaired) electrons. The van der Waals surface area contributed by atoms with E-state index in [0.29, 0.717) is 28.9 Å². The fourth-order valence-corrected chi connectivity index (χ4v) is 2.03. The molecule has 6 heteroatoms. The highest BCUT2D eigenvalue weighted by atomic mass is 35.5. The van der Waals surface area contributed by atoms with Crippen LogP contribution in [0.2, 0.25) is 5.02 Å². The van der Waals surface area contributed by atoms with Crippen LogP contribution in [0.25, 0.3) is 6.08 Å². The molecule has 1 heterocycles. The first-order valence-electron chi connectivity index (χ1n) is 7.62. The molecule has 0 saturated carbocycles. The number of carbonyl (C=O) groups is 1. The van der Waals surface area contributed by atoms with Crippen molar-refractivity contribution >= 4 is 29.3 Å². The van der Waals surface area contributed by atoms with Crippen LogP contribution in [0, 0.1) is 0 Å². The number of nitrogens with zero attached hydrogens (tertiary/aromatic N) is 1. The highest BCUT2D eigenvalue weighted by Crippen LogP contribution is 2.29. The van der Waals surface area contributed by atoms with Crippen LogP contribution < -0.4 is 10.5 Å². The number of ether oxygens (including phenoxy) is 2. The summed E-state index contributed by atoms with van der Waals surface area (Å²) in [5.74, 6) is 0.497. The zero-order chi connectivity index (χ0) is 17.4. The van der Waals surface area contributed by atoms with E-state index in [0.717, 1.165) is 18.4 Å². The summed E-state index contributed by atoms with van der Waals surface area (Å²) in [6.07, 6.45) is 6.37. The third kappa shape index (κ3) is 5.59. The molecule has 1 aromatic carbocycles. The molecule has 0 saturated heterocycles. The molecule has 2 N–H and O–H groups in total. The molecular weight excluding hydrogens is 328 g/mol. The zero-order valence-electron chi connectivity index (χ0n) is 13.4. The fraction of sp³-hybridized carbons (Fsp3) is 0.222. The first kappa shape index (κ1) is 17.8. The average Bonchev–Trinajstić information content (AvgIpc) is 2.57. The maximum atomic E-state index is 11.5. The summed E-state index contributed by atoms with van der Waals surface area (Å²) in [6, 6.07) is 8.55. The molecule has 0 fully saturated rings. The Morgan fingerprint density at radius 3 is 2.83 bits per heavy atom. The molecule has 24 heavy (non-hydrogen) atoms. The first-order chi connectivity index (χ1) is 11.6. The van der Waals surface area contributed by atoms with E-state index in [1.807, 2.05) is 6.92 Å². The van der Waals surface area contributed by atoms with Crippen molar-refractivity contribution < 1.29 is 14.3 Å². The lowest BCUT2D eigenvalue weighted by atomic mass is 10.2. The number of rotatable bonds is 7. The van der Waals surface area contributed by atoms with Gasteiger partial charge in [0.15, 0.2) is 0 Å². The fourth-order valence-electron chi connectivity index (χ4n) is 1.80. The molecule has 1 aromatic heterocycles. The summed E-state index contributed by atoms with van der Waals surface area (Å²) in [7, 11) is 0. The molecule has 0 atom stereocenters. The van der Waals surface area contributed by atoms with Gasteiger partial charge in [0, 0.05) is 12.1 Å². The van der Waals surface area contributed by atoms with Crippen LogP contribution in [0.3, 0.4) is 0 Å². The Hall–Kier alpha value is -2.53. The van der Waals surface area contributed by atoms with E-state index < -0.39 is 0 Å². The Morgan fingerprint density at radius 1 is 1.33 bits per heavy atom. The van der Waals surface area contributed by atoms with Crippen LogP contribution >= 0.6 is 11.6 Å². The van der Waals surface area contributed by atoms with Gasteiger partial charge in [-0.05, 0) is 36.3 Å². The molecular formula is C18H19ClN2O3. The second-order valence-corrected chi connectivity index (χ2v) is 5.48. The topological polar surface area (TPSA) is 74.4 Å².